The average Bonchev–Trinajstić information content (AvgIpc) is 3.27. The Balaban J connectivity index is 1.08. The summed E-state index contributed by atoms with van der Waals surface area (Å²) in [7, 11) is 0. The van der Waals surface area contributed by atoms with Crippen LogP contribution in [0.4, 0.5) is 4.79 Å². The van der Waals surface area contributed by atoms with Crippen LogP contribution in [-0.4, -0.2) is 54.5 Å². The van der Waals surface area contributed by atoms with Crippen molar-refractivity contribution in [3.05, 3.63) is 59.7 Å². The molecule has 0 spiro atoms. The molecule has 5 rings (SSSR count). The van der Waals surface area contributed by atoms with Crippen LogP contribution in [0.3, 0.4) is 0 Å². The largest absolute Gasteiger partial charge is 0.481 e. The number of benzene rings is 2. The van der Waals surface area contributed by atoms with E-state index in [4.69, 9.17) is 14.6 Å². The number of hydrogen-bond donors (Lipinski definition) is 3. The highest BCUT2D eigenvalue weighted by Gasteiger charge is 2.47. The number of carboxylic acid groups (broad SMARTS) is 1. The number of hydrogen-bond acceptors (Lipinski definition) is 5. The van der Waals surface area contributed by atoms with Crippen LogP contribution in [0.15, 0.2) is 48.5 Å². The molecule has 0 unspecified atom stereocenters. The highest BCUT2D eigenvalue weighted by Crippen LogP contribution is 2.44. The molecule has 1 saturated carbocycles. The summed E-state index contributed by atoms with van der Waals surface area (Å²) in [6, 6.07) is 16.3. The summed E-state index contributed by atoms with van der Waals surface area (Å²) < 4.78 is 11.2. The zero-order valence-electron chi connectivity index (χ0n) is 18.8. The Labute approximate surface area is 197 Å². The average molecular weight is 465 g/mol. The summed E-state index contributed by atoms with van der Waals surface area (Å²) in [5.41, 5.74) is 4.06. The number of carbonyl (C=O) groups is 3. The lowest BCUT2D eigenvalue weighted by Gasteiger charge is -2.18. The number of nitrogens with one attached hydrogen (secondary N) is 2. The van der Waals surface area contributed by atoms with Gasteiger partial charge in [0.2, 0.25) is 5.91 Å². The monoisotopic (exact) mass is 464 g/mol. The van der Waals surface area contributed by atoms with Crippen LogP contribution in [0, 0.1) is 5.92 Å². The summed E-state index contributed by atoms with van der Waals surface area (Å²) in [4.78, 5) is 35.9. The van der Waals surface area contributed by atoms with Crippen molar-refractivity contribution in [3.8, 4) is 11.1 Å². The standard InChI is InChI=1S/C26H28N2O6/c29-23(30)12-26(9-10-26)28-24(31)16-11-17(33-14-16)13-27-25(32)34-15-22-20-7-3-1-5-18(20)19-6-2-4-8-21(19)22/h1-8,16-17,22H,9-15H2,(H,27,32)(H,28,31)(H,29,30)/t16-,17-/m0/s1. The Morgan fingerprint density at radius 2 is 1.68 bits per heavy atom. The van der Waals surface area contributed by atoms with Gasteiger partial charge in [0.25, 0.3) is 0 Å². The normalized spacial score (nSPS) is 21.9. The second-order valence-corrected chi connectivity index (χ2v) is 9.43. The van der Waals surface area contributed by atoms with E-state index in [1.807, 2.05) is 24.3 Å². The summed E-state index contributed by atoms with van der Waals surface area (Å²) in [5.74, 6) is -1.44. The van der Waals surface area contributed by atoms with Crippen molar-refractivity contribution >= 4 is 18.0 Å². The van der Waals surface area contributed by atoms with Gasteiger partial charge >= 0.3 is 12.1 Å². The molecule has 1 aliphatic heterocycles. The Morgan fingerprint density at radius 1 is 1.03 bits per heavy atom. The minimum absolute atomic E-state index is 0.00509. The first-order chi connectivity index (χ1) is 16.4. The van der Waals surface area contributed by atoms with Crippen LogP contribution >= 0.6 is 0 Å². The van der Waals surface area contributed by atoms with Crippen molar-refractivity contribution in [2.45, 2.75) is 43.2 Å². The molecule has 1 saturated heterocycles. The van der Waals surface area contributed by atoms with Crippen LogP contribution in [0.2, 0.25) is 0 Å². The predicted molar refractivity (Wildman–Crippen MR) is 123 cm³/mol. The Hall–Kier alpha value is -3.39. The summed E-state index contributed by atoms with van der Waals surface area (Å²) in [5, 5.41) is 14.6. The molecule has 2 aromatic carbocycles. The molecule has 178 valence electrons. The molecule has 8 nitrogen and oxygen atoms in total. The molecule has 2 amide bonds. The van der Waals surface area contributed by atoms with Crippen molar-refractivity contribution in [2.75, 3.05) is 19.8 Å². The molecule has 34 heavy (non-hydrogen) atoms. The summed E-state index contributed by atoms with van der Waals surface area (Å²) >= 11 is 0. The third-order valence-corrected chi connectivity index (χ3v) is 7.00. The Morgan fingerprint density at radius 3 is 2.29 bits per heavy atom. The highest BCUT2D eigenvalue weighted by molar-refractivity contribution is 5.82. The number of alkyl carbamates (subject to hydrolysis) is 1. The smallest absolute Gasteiger partial charge is 0.407 e. The topological polar surface area (TPSA) is 114 Å². The van der Waals surface area contributed by atoms with Crippen LogP contribution in [0.5, 0.6) is 0 Å². The molecule has 0 aromatic heterocycles. The quantitative estimate of drug-likeness (QED) is 0.553. The minimum atomic E-state index is -0.911. The van der Waals surface area contributed by atoms with Gasteiger partial charge in [-0.1, -0.05) is 48.5 Å². The lowest BCUT2D eigenvalue weighted by Crippen LogP contribution is -2.42. The van der Waals surface area contributed by atoms with E-state index in [0.29, 0.717) is 19.3 Å². The number of rotatable bonds is 8. The van der Waals surface area contributed by atoms with E-state index in [9.17, 15) is 14.4 Å². The lowest BCUT2D eigenvalue weighted by molar-refractivity contribution is -0.138. The van der Waals surface area contributed by atoms with E-state index in [0.717, 1.165) is 11.1 Å². The van der Waals surface area contributed by atoms with E-state index in [2.05, 4.69) is 34.9 Å². The SMILES string of the molecule is O=C(O)CC1(NC(=O)[C@@H]2CO[C@H](CNC(=O)OCC3c4ccccc4-c4ccccc43)C2)CC1. The van der Waals surface area contributed by atoms with Gasteiger partial charge in [-0.25, -0.2) is 4.79 Å². The number of carboxylic acids is 1. The van der Waals surface area contributed by atoms with Gasteiger partial charge in [-0.3, -0.25) is 9.59 Å². The molecule has 0 bridgehead atoms. The fourth-order valence-corrected chi connectivity index (χ4v) is 5.03. The van der Waals surface area contributed by atoms with E-state index < -0.39 is 17.6 Å². The number of carbonyl (C=O) groups excluding carboxylic acids is 2. The van der Waals surface area contributed by atoms with Crippen molar-refractivity contribution in [2.24, 2.45) is 5.92 Å². The van der Waals surface area contributed by atoms with Gasteiger partial charge < -0.3 is 25.2 Å². The number of ether oxygens (including phenoxy) is 2. The first-order valence-electron chi connectivity index (χ1n) is 11.7. The van der Waals surface area contributed by atoms with Gasteiger partial charge in [0.05, 0.1) is 30.6 Å². The van der Waals surface area contributed by atoms with Crippen LogP contribution in [-0.2, 0) is 19.1 Å². The second-order valence-electron chi connectivity index (χ2n) is 9.43. The Bertz CT molecular complexity index is 1070. The van der Waals surface area contributed by atoms with Crippen LogP contribution in [0.25, 0.3) is 11.1 Å². The second kappa shape index (κ2) is 9.10. The fraction of sp³-hybridized carbons (Fsp3) is 0.423. The number of aliphatic carboxylic acids is 1. The zero-order valence-corrected chi connectivity index (χ0v) is 18.8. The highest BCUT2D eigenvalue weighted by atomic mass is 16.5. The van der Waals surface area contributed by atoms with Gasteiger partial charge in [0.15, 0.2) is 0 Å². The van der Waals surface area contributed by atoms with E-state index >= 15 is 0 Å². The first kappa shape index (κ1) is 22.4. The van der Waals surface area contributed by atoms with Crippen LogP contribution < -0.4 is 10.6 Å². The maximum Gasteiger partial charge on any atom is 0.407 e. The predicted octanol–water partition coefficient (Wildman–Crippen LogP) is 3.05. The van der Waals surface area contributed by atoms with Crippen molar-refractivity contribution in [3.63, 3.8) is 0 Å². The molecule has 2 aliphatic carbocycles. The maximum atomic E-state index is 12.5. The number of amides is 2. The van der Waals surface area contributed by atoms with E-state index in [1.165, 1.54) is 11.1 Å². The molecule has 0 radical (unpaired) electrons. The molecule has 3 N–H and O–H groups in total. The number of fused-ring (bicyclic) bond motifs is 3. The van der Waals surface area contributed by atoms with Gasteiger partial charge in [-0.15, -0.1) is 0 Å². The maximum absolute atomic E-state index is 12.5. The molecule has 8 heteroatoms. The van der Waals surface area contributed by atoms with Gasteiger partial charge in [0.1, 0.15) is 6.61 Å². The molecule has 2 atom stereocenters. The first-order valence-corrected chi connectivity index (χ1v) is 11.7. The molecular formula is C26H28N2O6. The molecule has 3 aliphatic rings. The molecular weight excluding hydrogens is 436 g/mol. The van der Waals surface area contributed by atoms with Gasteiger partial charge in [-0.05, 0) is 41.5 Å². The lowest BCUT2D eigenvalue weighted by atomic mass is 9.98. The van der Waals surface area contributed by atoms with E-state index in [-0.39, 0.29) is 50.0 Å². The Kier molecular flexibility index (Phi) is 6.00. The molecule has 1 heterocycles. The van der Waals surface area contributed by atoms with Crippen molar-refractivity contribution < 1.29 is 29.0 Å². The van der Waals surface area contributed by atoms with Crippen LogP contribution in [0.1, 0.15) is 42.7 Å². The zero-order chi connectivity index (χ0) is 23.7. The fourth-order valence-electron chi connectivity index (χ4n) is 5.03. The molecule has 2 fully saturated rings. The van der Waals surface area contributed by atoms with Gasteiger partial charge in [0, 0.05) is 12.5 Å². The van der Waals surface area contributed by atoms with E-state index in [1.54, 1.807) is 0 Å². The third-order valence-electron chi connectivity index (χ3n) is 7.00. The summed E-state index contributed by atoms with van der Waals surface area (Å²) in [6.07, 6.45) is 0.983. The van der Waals surface area contributed by atoms with Crippen molar-refractivity contribution in [1.29, 1.82) is 0 Å². The van der Waals surface area contributed by atoms with Gasteiger partial charge in [-0.2, -0.15) is 0 Å². The minimum Gasteiger partial charge on any atom is -0.481 e. The summed E-state index contributed by atoms with van der Waals surface area (Å²) in [6.45, 7) is 0.745. The molecule has 2 aromatic rings. The van der Waals surface area contributed by atoms with Crippen molar-refractivity contribution in [1.82, 2.24) is 10.6 Å². The third kappa shape index (κ3) is 4.63.